The Hall–Kier alpha value is -2.77. The molecular weight excluding hydrogens is 416 g/mol. The minimum atomic E-state index is -0.0502. The molecule has 0 saturated heterocycles. The molecule has 6 nitrogen and oxygen atoms in total. The zero-order chi connectivity index (χ0) is 23.8. The monoisotopic (exact) mass is 452 g/mol. The molecule has 0 aliphatic carbocycles. The summed E-state index contributed by atoms with van der Waals surface area (Å²) in [6.45, 7) is 15.7. The number of thiophene rings is 1. The summed E-state index contributed by atoms with van der Waals surface area (Å²) < 4.78 is 1.07. The predicted octanol–water partition coefficient (Wildman–Crippen LogP) is 6.17. The summed E-state index contributed by atoms with van der Waals surface area (Å²) in [6, 6.07) is 7.60. The highest BCUT2D eigenvalue weighted by Gasteiger charge is 2.20. The molecule has 5 N–H and O–H groups in total. The molecule has 0 radical (unpaired) electrons. The minimum Gasteiger partial charge on any atom is -0.398 e. The van der Waals surface area contributed by atoms with Crippen LogP contribution < -0.4 is 16.4 Å². The smallest absolute Gasteiger partial charge is 0.162 e. The summed E-state index contributed by atoms with van der Waals surface area (Å²) in [6.07, 6.45) is 3.35. The third-order valence-electron chi connectivity index (χ3n) is 4.63. The van der Waals surface area contributed by atoms with E-state index in [4.69, 9.17) is 26.8 Å². The molecule has 0 bridgehead atoms. The standard InChI is InChI=1S/C21H28N6S.C4H8/c1-4-9-27(10-5-2)21-19-17(11-18(28-19)13(3)23)25-20(26-21)14-7-6-8-16(24)15(14)12-22;1-4(2)3/h6-8,11-13,22H,4-5,9-10,23-24H2,1-3H3;1H2,2-3H3. The van der Waals surface area contributed by atoms with E-state index in [1.54, 1.807) is 17.4 Å². The van der Waals surface area contributed by atoms with Crippen molar-refractivity contribution in [2.75, 3.05) is 23.7 Å². The molecular formula is C25H36N6S. The molecule has 0 aliphatic rings. The van der Waals surface area contributed by atoms with Crippen molar-refractivity contribution in [1.82, 2.24) is 9.97 Å². The maximum absolute atomic E-state index is 7.78. The van der Waals surface area contributed by atoms with Crippen LogP contribution in [-0.4, -0.2) is 29.3 Å². The molecule has 1 aromatic carbocycles. The number of fused-ring (bicyclic) bond motifs is 1. The average molecular weight is 453 g/mol. The summed E-state index contributed by atoms with van der Waals surface area (Å²) in [4.78, 5) is 13.2. The van der Waals surface area contributed by atoms with Crippen LogP contribution in [0, 0.1) is 5.41 Å². The fourth-order valence-electron chi connectivity index (χ4n) is 3.30. The van der Waals surface area contributed by atoms with E-state index in [1.165, 1.54) is 11.8 Å². The SMILES string of the molecule is C=C(C)C.CCCN(CCC)c1nc(-c2cccc(N)c2C=N)nc2cc(C(C)N)sc12. The number of benzene rings is 1. The van der Waals surface area contributed by atoms with Crippen molar-refractivity contribution >= 4 is 39.3 Å². The van der Waals surface area contributed by atoms with E-state index in [1.807, 2.05) is 32.9 Å². The van der Waals surface area contributed by atoms with Gasteiger partial charge >= 0.3 is 0 Å². The summed E-state index contributed by atoms with van der Waals surface area (Å²) in [5.41, 5.74) is 16.3. The third-order valence-corrected chi connectivity index (χ3v) is 5.95. The van der Waals surface area contributed by atoms with Gasteiger partial charge in [-0.1, -0.05) is 31.6 Å². The van der Waals surface area contributed by atoms with Gasteiger partial charge in [-0.15, -0.1) is 17.9 Å². The van der Waals surface area contributed by atoms with Crippen LogP contribution in [0.2, 0.25) is 0 Å². The number of hydrogen-bond acceptors (Lipinski definition) is 7. The molecule has 0 aliphatic heterocycles. The average Bonchev–Trinajstić information content (AvgIpc) is 3.17. The second kappa shape index (κ2) is 11.7. The predicted molar refractivity (Wildman–Crippen MR) is 141 cm³/mol. The van der Waals surface area contributed by atoms with E-state index in [0.717, 1.165) is 52.4 Å². The third kappa shape index (κ3) is 6.14. The van der Waals surface area contributed by atoms with Crippen LogP contribution in [0.4, 0.5) is 11.5 Å². The lowest BCUT2D eigenvalue weighted by Crippen LogP contribution is -2.26. The Bertz CT molecular complexity index is 1060. The highest BCUT2D eigenvalue weighted by Crippen LogP contribution is 2.37. The molecule has 2 aromatic heterocycles. The Morgan fingerprint density at radius 3 is 2.38 bits per heavy atom. The molecule has 3 rings (SSSR count). The van der Waals surface area contributed by atoms with Gasteiger partial charge in [0.2, 0.25) is 0 Å². The molecule has 0 fully saturated rings. The van der Waals surface area contributed by atoms with Crippen molar-refractivity contribution in [2.24, 2.45) is 5.73 Å². The number of aromatic nitrogens is 2. The zero-order valence-corrected chi connectivity index (χ0v) is 20.7. The van der Waals surface area contributed by atoms with E-state index >= 15 is 0 Å². The molecule has 2 heterocycles. The first-order valence-corrected chi connectivity index (χ1v) is 11.9. The number of anilines is 2. The largest absolute Gasteiger partial charge is 0.398 e. The number of nitrogens with two attached hydrogens (primary N) is 2. The first-order chi connectivity index (χ1) is 15.2. The summed E-state index contributed by atoms with van der Waals surface area (Å²) in [5.74, 6) is 1.54. The van der Waals surface area contributed by atoms with Gasteiger partial charge in [-0.3, -0.25) is 0 Å². The lowest BCUT2D eigenvalue weighted by atomic mass is 10.1. The highest BCUT2D eigenvalue weighted by atomic mass is 32.1. The van der Waals surface area contributed by atoms with Crippen molar-refractivity contribution in [1.29, 1.82) is 5.41 Å². The van der Waals surface area contributed by atoms with Gasteiger partial charge in [0.1, 0.15) is 0 Å². The van der Waals surface area contributed by atoms with Crippen LogP contribution in [-0.2, 0) is 0 Å². The van der Waals surface area contributed by atoms with Crippen LogP contribution in [0.15, 0.2) is 36.4 Å². The molecule has 32 heavy (non-hydrogen) atoms. The van der Waals surface area contributed by atoms with Crippen LogP contribution in [0.1, 0.15) is 63.9 Å². The first-order valence-electron chi connectivity index (χ1n) is 11.1. The van der Waals surface area contributed by atoms with Gasteiger partial charge in [-0.2, -0.15) is 0 Å². The maximum Gasteiger partial charge on any atom is 0.162 e. The molecule has 0 amide bonds. The summed E-state index contributed by atoms with van der Waals surface area (Å²) in [7, 11) is 0. The van der Waals surface area contributed by atoms with Crippen molar-refractivity contribution in [3.63, 3.8) is 0 Å². The number of hydrogen-bond donors (Lipinski definition) is 3. The number of rotatable bonds is 8. The van der Waals surface area contributed by atoms with Gasteiger partial charge in [0.25, 0.3) is 0 Å². The molecule has 3 aromatic rings. The molecule has 0 saturated carbocycles. The number of nitrogens with zero attached hydrogens (tertiary/aromatic N) is 3. The van der Waals surface area contributed by atoms with Crippen LogP contribution in [0.3, 0.4) is 0 Å². The Labute approximate surface area is 195 Å². The van der Waals surface area contributed by atoms with E-state index in [-0.39, 0.29) is 6.04 Å². The number of nitrogen functional groups attached to an aromatic ring is 1. The van der Waals surface area contributed by atoms with Gasteiger partial charge in [0, 0.05) is 47.0 Å². The van der Waals surface area contributed by atoms with E-state index in [0.29, 0.717) is 17.1 Å². The molecule has 7 heteroatoms. The van der Waals surface area contributed by atoms with Crippen LogP contribution in [0.5, 0.6) is 0 Å². The van der Waals surface area contributed by atoms with E-state index in [2.05, 4.69) is 31.4 Å². The van der Waals surface area contributed by atoms with Crippen LogP contribution >= 0.6 is 11.3 Å². The molecule has 0 spiro atoms. The summed E-state index contributed by atoms with van der Waals surface area (Å²) in [5, 5.41) is 7.78. The Morgan fingerprint density at radius 1 is 1.22 bits per heavy atom. The Kier molecular flexibility index (Phi) is 9.35. The lowest BCUT2D eigenvalue weighted by molar-refractivity contribution is 0.737. The number of allylic oxidation sites excluding steroid dienone is 1. The lowest BCUT2D eigenvalue weighted by Gasteiger charge is -2.23. The van der Waals surface area contributed by atoms with Gasteiger partial charge in [-0.05, 0) is 45.7 Å². The summed E-state index contributed by atoms with van der Waals surface area (Å²) >= 11 is 1.67. The van der Waals surface area contributed by atoms with Crippen molar-refractivity contribution in [3.8, 4) is 11.4 Å². The molecule has 172 valence electrons. The van der Waals surface area contributed by atoms with Crippen LogP contribution in [0.25, 0.3) is 21.6 Å². The highest BCUT2D eigenvalue weighted by molar-refractivity contribution is 7.19. The van der Waals surface area contributed by atoms with Gasteiger partial charge < -0.3 is 21.8 Å². The zero-order valence-electron chi connectivity index (χ0n) is 19.9. The van der Waals surface area contributed by atoms with Crippen molar-refractivity contribution in [2.45, 2.75) is 53.5 Å². The first kappa shape index (κ1) is 25.5. The van der Waals surface area contributed by atoms with Crippen molar-refractivity contribution < 1.29 is 0 Å². The molecule has 1 atom stereocenters. The van der Waals surface area contributed by atoms with Gasteiger partial charge in [0.15, 0.2) is 11.6 Å². The van der Waals surface area contributed by atoms with Gasteiger partial charge in [-0.25, -0.2) is 9.97 Å². The second-order valence-corrected chi connectivity index (χ2v) is 9.25. The van der Waals surface area contributed by atoms with E-state index in [9.17, 15) is 0 Å². The van der Waals surface area contributed by atoms with Gasteiger partial charge in [0.05, 0.1) is 10.2 Å². The number of nitrogens with one attached hydrogen (secondary N) is 1. The molecule has 1 unspecified atom stereocenters. The normalized spacial score (nSPS) is 11.6. The quantitative estimate of drug-likeness (QED) is 0.215. The topological polar surface area (TPSA) is 105 Å². The Morgan fingerprint density at radius 2 is 1.84 bits per heavy atom. The van der Waals surface area contributed by atoms with Crippen molar-refractivity contribution in [3.05, 3.63) is 46.9 Å². The second-order valence-electron chi connectivity index (χ2n) is 8.17. The fraction of sp³-hybridized carbons (Fsp3) is 0.400. The minimum absolute atomic E-state index is 0.0502. The Balaban J connectivity index is 0.000000837. The fourth-order valence-corrected chi connectivity index (χ4v) is 4.36. The van der Waals surface area contributed by atoms with E-state index < -0.39 is 0 Å². The maximum atomic E-state index is 7.78.